The van der Waals surface area contributed by atoms with Crippen LogP contribution in [0.25, 0.3) is 28.5 Å². The number of oxazole rings is 1. The number of fused-ring (bicyclic) bond motifs is 1. The fourth-order valence-corrected chi connectivity index (χ4v) is 3.84. The number of nitrogens with one attached hydrogen (secondary N) is 1. The number of nitrogens with zero attached hydrogens (tertiary/aromatic N) is 5. The van der Waals surface area contributed by atoms with Gasteiger partial charge in [-0.2, -0.15) is 0 Å². The molecule has 5 heterocycles. The number of ether oxygens (including phenoxy) is 1. The highest BCUT2D eigenvalue weighted by Crippen LogP contribution is 2.30. The second kappa shape index (κ2) is 8.39. The van der Waals surface area contributed by atoms with Gasteiger partial charge in [-0.1, -0.05) is 0 Å². The van der Waals surface area contributed by atoms with Crippen molar-refractivity contribution >= 4 is 17.4 Å². The summed E-state index contributed by atoms with van der Waals surface area (Å²) in [5.74, 6) is 0.187. The molecule has 4 aromatic heterocycles. The smallest absolute Gasteiger partial charge is 0.273 e. The molecule has 0 aromatic carbocycles. The molecule has 0 radical (unpaired) electrons. The van der Waals surface area contributed by atoms with E-state index in [1.54, 1.807) is 6.20 Å². The molecule has 4 aromatic rings. The van der Waals surface area contributed by atoms with Gasteiger partial charge in [0.25, 0.3) is 5.91 Å². The Morgan fingerprint density at radius 2 is 2.19 bits per heavy atom. The summed E-state index contributed by atoms with van der Waals surface area (Å²) in [7, 11) is 0. The van der Waals surface area contributed by atoms with Crippen LogP contribution in [-0.4, -0.2) is 50.0 Å². The molecule has 0 bridgehead atoms. The number of carbonyl (C=O) groups excluding carboxylic acids is 1. The molecule has 1 amide bonds. The number of anilines is 1. The van der Waals surface area contributed by atoms with Crippen LogP contribution in [0.3, 0.4) is 0 Å². The molecule has 3 N–H and O–H groups in total. The summed E-state index contributed by atoms with van der Waals surface area (Å²) in [4.78, 5) is 30.5. The quantitative estimate of drug-likeness (QED) is 0.490. The molecule has 10 nitrogen and oxygen atoms in total. The lowest BCUT2D eigenvalue weighted by molar-refractivity contribution is 0.0536. The van der Waals surface area contributed by atoms with E-state index in [1.807, 2.05) is 29.7 Å². The summed E-state index contributed by atoms with van der Waals surface area (Å²) < 4.78 is 12.9. The average molecular weight is 433 g/mol. The standard InChI is InChI=1S/C22H23N7O3/c1-13-9-25-16-5-4-15(11-29(13)16)17-18(22-24-6-8-32-22)28-20(23)19(27-17)21(30)26-10-14-3-2-7-31-12-14/h4-6,8-9,11,14H,2-3,7,10,12H2,1H3,(H2,23,28)(H,26,30). The minimum absolute atomic E-state index is 0.0132. The highest BCUT2D eigenvalue weighted by atomic mass is 16.5. The van der Waals surface area contributed by atoms with E-state index in [1.165, 1.54) is 12.5 Å². The van der Waals surface area contributed by atoms with Crippen molar-refractivity contribution in [1.82, 2.24) is 29.7 Å². The number of hydrogen-bond acceptors (Lipinski definition) is 8. The number of rotatable bonds is 5. The third kappa shape index (κ3) is 3.80. The van der Waals surface area contributed by atoms with Gasteiger partial charge in [0.15, 0.2) is 17.2 Å². The Hall–Kier alpha value is -3.79. The summed E-state index contributed by atoms with van der Waals surface area (Å²) in [5.41, 5.74) is 9.52. The molecule has 0 aliphatic carbocycles. The SMILES string of the molecule is Cc1cnc2ccc(-c3nc(C(=O)NCC4CCCOC4)c(N)nc3-c3ncco3)cn12. The molecular weight excluding hydrogens is 410 g/mol. The fraction of sp³-hybridized carbons (Fsp3) is 0.318. The van der Waals surface area contributed by atoms with Crippen LogP contribution >= 0.6 is 0 Å². The van der Waals surface area contributed by atoms with Gasteiger partial charge in [0.1, 0.15) is 17.6 Å². The van der Waals surface area contributed by atoms with E-state index in [4.69, 9.17) is 14.9 Å². The molecule has 1 atom stereocenters. The van der Waals surface area contributed by atoms with Crippen LogP contribution in [0.15, 0.2) is 41.4 Å². The Balaban J connectivity index is 1.54. The van der Waals surface area contributed by atoms with Gasteiger partial charge in [-0.15, -0.1) is 0 Å². The average Bonchev–Trinajstić information content (AvgIpc) is 3.48. The second-order valence-corrected chi connectivity index (χ2v) is 7.83. The number of nitrogens with two attached hydrogens (primary N) is 1. The molecule has 10 heteroatoms. The summed E-state index contributed by atoms with van der Waals surface area (Å²) in [6.07, 6.45) is 8.66. The van der Waals surface area contributed by atoms with Gasteiger partial charge in [0.05, 0.1) is 12.8 Å². The second-order valence-electron chi connectivity index (χ2n) is 7.83. The zero-order valence-electron chi connectivity index (χ0n) is 17.6. The van der Waals surface area contributed by atoms with Crippen molar-refractivity contribution in [2.75, 3.05) is 25.5 Å². The van der Waals surface area contributed by atoms with E-state index < -0.39 is 0 Å². The third-order valence-electron chi connectivity index (χ3n) is 5.54. The largest absolute Gasteiger partial charge is 0.443 e. The monoisotopic (exact) mass is 433 g/mol. The van der Waals surface area contributed by atoms with E-state index in [0.29, 0.717) is 24.5 Å². The number of pyridine rings is 1. The maximum atomic E-state index is 12.9. The van der Waals surface area contributed by atoms with Crippen molar-refractivity contribution in [2.45, 2.75) is 19.8 Å². The first kappa shape index (κ1) is 20.1. The first-order chi connectivity index (χ1) is 15.6. The number of carbonyl (C=O) groups is 1. The lowest BCUT2D eigenvalue weighted by atomic mass is 10.0. The van der Waals surface area contributed by atoms with Crippen molar-refractivity contribution in [3.8, 4) is 22.8 Å². The van der Waals surface area contributed by atoms with Crippen LogP contribution in [0.5, 0.6) is 0 Å². The number of imidazole rings is 1. The Bertz CT molecular complexity index is 1260. The molecule has 1 aliphatic rings. The van der Waals surface area contributed by atoms with Crippen LogP contribution in [0.2, 0.25) is 0 Å². The van der Waals surface area contributed by atoms with Gasteiger partial charge in [-0.25, -0.2) is 19.9 Å². The van der Waals surface area contributed by atoms with Crippen LogP contribution in [0.1, 0.15) is 29.0 Å². The van der Waals surface area contributed by atoms with E-state index in [2.05, 4.69) is 25.3 Å². The number of hydrogen-bond donors (Lipinski definition) is 2. The molecule has 164 valence electrons. The van der Waals surface area contributed by atoms with Crippen LogP contribution in [0.4, 0.5) is 5.82 Å². The van der Waals surface area contributed by atoms with Crippen molar-refractivity contribution in [3.63, 3.8) is 0 Å². The summed E-state index contributed by atoms with van der Waals surface area (Å²) in [6, 6.07) is 3.75. The van der Waals surface area contributed by atoms with Crippen LogP contribution in [0, 0.1) is 12.8 Å². The van der Waals surface area contributed by atoms with E-state index >= 15 is 0 Å². The van der Waals surface area contributed by atoms with Gasteiger partial charge in [-0.05, 0) is 37.8 Å². The molecule has 32 heavy (non-hydrogen) atoms. The van der Waals surface area contributed by atoms with E-state index in [-0.39, 0.29) is 29.2 Å². The topological polar surface area (TPSA) is 133 Å². The van der Waals surface area contributed by atoms with Gasteiger partial charge in [0, 0.05) is 36.8 Å². The highest BCUT2D eigenvalue weighted by Gasteiger charge is 2.23. The van der Waals surface area contributed by atoms with Gasteiger partial charge in [-0.3, -0.25) is 4.79 Å². The maximum absolute atomic E-state index is 12.9. The minimum Gasteiger partial charge on any atom is -0.443 e. The maximum Gasteiger partial charge on any atom is 0.273 e. The number of aryl methyl sites for hydroxylation is 1. The molecule has 1 saturated heterocycles. The molecular formula is C22H23N7O3. The zero-order valence-corrected chi connectivity index (χ0v) is 17.6. The Morgan fingerprint density at radius 1 is 1.28 bits per heavy atom. The fourth-order valence-electron chi connectivity index (χ4n) is 3.84. The first-order valence-corrected chi connectivity index (χ1v) is 10.5. The molecule has 1 unspecified atom stereocenters. The normalized spacial score (nSPS) is 16.3. The Kier molecular flexibility index (Phi) is 5.28. The molecule has 1 fully saturated rings. The predicted molar refractivity (Wildman–Crippen MR) is 117 cm³/mol. The molecule has 0 spiro atoms. The Labute approximate surface area is 183 Å². The van der Waals surface area contributed by atoms with Crippen LogP contribution in [-0.2, 0) is 4.74 Å². The highest BCUT2D eigenvalue weighted by molar-refractivity contribution is 5.97. The van der Waals surface area contributed by atoms with Gasteiger partial charge >= 0.3 is 0 Å². The predicted octanol–water partition coefficient (Wildman–Crippen LogP) is 2.49. The molecule has 0 saturated carbocycles. The molecule has 1 aliphatic heterocycles. The summed E-state index contributed by atoms with van der Waals surface area (Å²) in [6.45, 7) is 3.87. The van der Waals surface area contributed by atoms with Crippen LogP contribution < -0.4 is 11.1 Å². The number of amides is 1. The number of nitrogen functional groups attached to an aromatic ring is 1. The van der Waals surface area contributed by atoms with Crippen molar-refractivity contribution < 1.29 is 13.9 Å². The third-order valence-corrected chi connectivity index (χ3v) is 5.54. The summed E-state index contributed by atoms with van der Waals surface area (Å²) in [5, 5.41) is 2.92. The van der Waals surface area contributed by atoms with Gasteiger partial charge < -0.3 is 24.6 Å². The lowest BCUT2D eigenvalue weighted by Gasteiger charge is -2.22. The summed E-state index contributed by atoms with van der Waals surface area (Å²) >= 11 is 0. The Morgan fingerprint density at radius 3 is 2.97 bits per heavy atom. The lowest BCUT2D eigenvalue weighted by Crippen LogP contribution is -2.34. The van der Waals surface area contributed by atoms with Crippen molar-refractivity contribution in [1.29, 1.82) is 0 Å². The van der Waals surface area contributed by atoms with Crippen molar-refractivity contribution in [3.05, 3.63) is 48.4 Å². The number of aromatic nitrogens is 5. The molecule has 5 rings (SSSR count). The van der Waals surface area contributed by atoms with Crippen molar-refractivity contribution in [2.24, 2.45) is 5.92 Å². The first-order valence-electron chi connectivity index (χ1n) is 10.5. The van der Waals surface area contributed by atoms with E-state index in [9.17, 15) is 4.79 Å². The van der Waals surface area contributed by atoms with Gasteiger partial charge in [0.2, 0.25) is 5.89 Å². The zero-order chi connectivity index (χ0) is 22.1. The minimum atomic E-state index is -0.374. The van der Waals surface area contributed by atoms with E-state index in [0.717, 1.165) is 36.4 Å².